The van der Waals surface area contributed by atoms with Gasteiger partial charge in [0.2, 0.25) is 5.91 Å². The maximum Gasteiger partial charge on any atom is 0.332 e. The van der Waals surface area contributed by atoms with Crippen LogP contribution in [0.4, 0.5) is 0 Å². The van der Waals surface area contributed by atoms with E-state index in [4.69, 9.17) is 5.11 Å². The predicted octanol–water partition coefficient (Wildman–Crippen LogP) is 2.13. The van der Waals surface area contributed by atoms with Gasteiger partial charge in [0, 0.05) is 17.8 Å². The molecule has 1 unspecified atom stereocenters. The molecule has 0 aliphatic carbocycles. The number of amides is 1. The van der Waals surface area contributed by atoms with Gasteiger partial charge in [-0.15, -0.1) is 11.3 Å². The van der Waals surface area contributed by atoms with Crippen LogP contribution in [-0.2, 0) is 16.0 Å². The van der Waals surface area contributed by atoms with E-state index in [1.165, 1.54) is 4.70 Å². The highest BCUT2D eigenvalue weighted by atomic mass is 32.1. The molecule has 3 rings (SSSR count). The molecule has 1 atom stereocenters. The molecule has 0 spiro atoms. The van der Waals surface area contributed by atoms with Crippen LogP contribution in [0.3, 0.4) is 0 Å². The number of piperidine rings is 1. The lowest BCUT2D eigenvalue weighted by Crippen LogP contribution is -2.43. The molecule has 0 bridgehead atoms. The van der Waals surface area contributed by atoms with E-state index in [2.05, 4.69) is 0 Å². The van der Waals surface area contributed by atoms with Crippen LogP contribution in [0.1, 0.15) is 18.4 Å². The fourth-order valence-corrected chi connectivity index (χ4v) is 3.99. The first kappa shape index (κ1) is 16.0. The van der Waals surface area contributed by atoms with Crippen LogP contribution < -0.4 is 0 Å². The topological polar surface area (TPSA) is 77.8 Å². The van der Waals surface area contributed by atoms with Crippen LogP contribution in [0.2, 0.25) is 0 Å². The highest BCUT2D eigenvalue weighted by Crippen LogP contribution is 2.26. The number of rotatable bonds is 4. The van der Waals surface area contributed by atoms with Crippen molar-refractivity contribution < 1.29 is 19.8 Å². The van der Waals surface area contributed by atoms with E-state index in [0.717, 1.165) is 10.9 Å². The van der Waals surface area contributed by atoms with E-state index >= 15 is 0 Å². The summed E-state index contributed by atoms with van der Waals surface area (Å²) < 4.78 is 1.18. The highest BCUT2D eigenvalue weighted by Gasteiger charge is 2.31. The Bertz CT molecular complexity index is 718. The maximum atomic E-state index is 12.5. The van der Waals surface area contributed by atoms with E-state index in [9.17, 15) is 14.7 Å². The Morgan fingerprint density at radius 2 is 2.00 bits per heavy atom. The van der Waals surface area contributed by atoms with E-state index in [-0.39, 0.29) is 11.8 Å². The maximum absolute atomic E-state index is 12.5. The van der Waals surface area contributed by atoms with Crippen molar-refractivity contribution in [1.29, 1.82) is 0 Å². The molecule has 2 N–H and O–H groups in total. The van der Waals surface area contributed by atoms with Gasteiger partial charge in [-0.3, -0.25) is 4.79 Å². The lowest BCUT2D eigenvalue weighted by atomic mass is 9.91. The van der Waals surface area contributed by atoms with Gasteiger partial charge >= 0.3 is 5.97 Å². The molecule has 122 valence electrons. The Balaban J connectivity index is 1.62. The molecule has 1 aromatic heterocycles. The van der Waals surface area contributed by atoms with Crippen LogP contribution in [0.15, 0.2) is 29.6 Å². The molecular formula is C17H19NO4S. The predicted molar refractivity (Wildman–Crippen MR) is 88.5 cm³/mol. The van der Waals surface area contributed by atoms with E-state index in [1.807, 2.05) is 29.6 Å². The molecule has 1 fully saturated rings. The standard InChI is InChI=1S/C17H19NO4S/c19-15(10-12-2-1-3-14-13(12)6-9-23-14)18-7-4-11(5-8-18)16(20)17(21)22/h1-3,6,9,11,16,20H,4-5,7-8,10H2,(H,21,22). The van der Waals surface area contributed by atoms with Crippen molar-refractivity contribution in [2.24, 2.45) is 5.92 Å². The first-order chi connectivity index (χ1) is 11.1. The number of hydrogen-bond donors (Lipinski definition) is 2. The van der Waals surface area contributed by atoms with Crippen LogP contribution in [0.5, 0.6) is 0 Å². The smallest absolute Gasteiger partial charge is 0.332 e. The second-order valence-corrected chi connectivity index (χ2v) is 6.88. The zero-order valence-corrected chi connectivity index (χ0v) is 13.5. The molecule has 0 saturated carbocycles. The molecule has 1 saturated heterocycles. The number of fused-ring (bicyclic) bond motifs is 1. The minimum atomic E-state index is -1.33. The SMILES string of the molecule is O=C(O)C(O)C1CCN(C(=O)Cc2cccc3sccc23)CC1. The fraction of sp³-hybridized carbons (Fsp3) is 0.412. The Morgan fingerprint density at radius 1 is 1.26 bits per heavy atom. The van der Waals surface area contributed by atoms with Crippen LogP contribution >= 0.6 is 11.3 Å². The van der Waals surface area contributed by atoms with Gasteiger partial charge in [0.25, 0.3) is 0 Å². The molecule has 1 amide bonds. The molecule has 23 heavy (non-hydrogen) atoms. The second-order valence-electron chi connectivity index (χ2n) is 5.93. The van der Waals surface area contributed by atoms with Gasteiger partial charge in [0.05, 0.1) is 6.42 Å². The Hall–Kier alpha value is -1.92. The quantitative estimate of drug-likeness (QED) is 0.898. The number of carbonyl (C=O) groups is 2. The van der Waals surface area contributed by atoms with Gasteiger partial charge in [-0.05, 0) is 47.2 Å². The number of carbonyl (C=O) groups excluding carboxylic acids is 1. The average Bonchev–Trinajstić information content (AvgIpc) is 3.04. The van der Waals surface area contributed by atoms with Crippen molar-refractivity contribution in [3.63, 3.8) is 0 Å². The lowest BCUT2D eigenvalue weighted by Gasteiger charge is -2.33. The number of benzene rings is 1. The third-order valence-electron chi connectivity index (χ3n) is 4.52. The van der Waals surface area contributed by atoms with Crippen molar-refractivity contribution in [2.75, 3.05) is 13.1 Å². The molecule has 2 heterocycles. The first-order valence-electron chi connectivity index (χ1n) is 7.70. The van der Waals surface area contributed by atoms with Gasteiger partial charge in [-0.2, -0.15) is 0 Å². The first-order valence-corrected chi connectivity index (χ1v) is 8.58. The summed E-state index contributed by atoms with van der Waals surface area (Å²) in [6, 6.07) is 8.04. The van der Waals surface area contributed by atoms with Crippen LogP contribution in [-0.4, -0.2) is 46.2 Å². The lowest BCUT2D eigenvalue weighted by molar-refractivity contribution is -0.151. The number of nitrogens with zero attached hydrogens (tertiary/aromatic N) is 1. The van der Waals surface area contributed by atoms with Crippen LogP contribution in [0, 0.1) is 5.92 Å². The molecule has 0 radical (unpaired) electrons. The zero-order valence-electron chi connectivity index (χ0n) is 12.6. The normalized spacial score (nSPS) is 17.3. The molecule has 1 aromatic carbocycles. The number of aliphatic carboxylic acids is 1. The van der Waals surface area contributed by atoms with Crippen molar-refractivity contribution in [3.05, 3.63) is 35.2 Å². The molecule has 1 aliphatic rings. The number of aliphatic hydroxyl groups is 1. The summed E-state index contributed by atoms with van der Waals surface area (Å²) in [6.07, 6.45) is 0.0935. The van der Waals surface area contributed by atoms with E-state index < -0.39 is 12.1 Å². The summed E-state index contributed by atoms with van der Waals surface area (Å²) in [5.41, 5.74) is 1.03. The van der Waals surface area contributed by atoms with Gasteiger partial charge in [-0.25, -0.2) is 4.79 Å². The van der Waals surface area contributed by atoms with Crippen molar-refractivity contribution in [1.82, 2.24) is 4.90 Å². The average molecular weight is 333 g/mol. The van der Waals surface area contributed by atoms with E-state index in [0.29, 0.717) is 32.4 Å². The summed E-state index contributed by atoms with van der Waals surface area (Å²) in [5, 5.41) is 21.6. The number of carboxylic acid groups (broad SMARTS) is 1. The van der Waals surface area contributed by atoms with Gasteiger partial charge in [-0.1, -0.05) is 12.1 Å². The van der Waals surface area contributed by atoms with Crippen molar-refractivity contribution >= 4 is 33.3 Å². The summed E-state index contributed by atoms with van der Waals surface area (Å²) >= 11 is 1.66. The molecule has 6 heteroatoms. The number of aliphatic hydroxyl groups excluding tert-OH is 1. The van der Waals surface area contributed by atoms with Crippen LogP contribution in [0.25, 0.3) is 10.1 Å². The molecule has 2 aromatic rings. The number of hydrogen-bond acceptors (Lipinski definition) is 4. The summed E-state index contributed by atoms with van der Waals surface area (Å²) in [7, 11) is 0. The van der Waals surface area contributed by atoms with Gasteiger partial charge in [0.15, 0.2) is 6.10 Å². The largest absolute Gasteiger partial charge is 0.479 e. The molecule has 1 aliphatic heterocycles. The molecule has 5 nitrogen and oxygen atoms in total. The van der Waals surface area contributed by atoms with Gasteiger partial charge in [0.1, 0.15) is 0 Å². The molecular weight excluding hydrogens is 314 g/mol. The number of thiophene rings is 1. The second kappa shape index (κ2) is 6.68. The Morgan fingerprint density at radius 3 is 2.70 bits per heavy atom. The Kier molecular flexibility index (Phi) is 4.63. The minimum Gasteiger partial charge on any atom is -0.479 e. The van der Waals surface area contributed by atoms with E-state index in [1.54, 1.807) is 16.2 Å². The third-order valence-corrected chi connectivity index (χ3v) is 5.40. The minimum absolute atomic E-state index is 0.0620. The Labute approximate surface area is 138 Å². The highest BCUT2D eigenvalue weighted by molar-refractivity contribution is 7.17. The summed E-state index contributed by atoms with van der Waals surface area (Å²) in [4.78, 5) is 25.1. The summed E-state index contributed by atoms with van der Waals surface area (Å²) in [6.45, 7) is 1.01. The van der Waals surface area contributed by atoms with Crippen molar-refractivity contribution in [3.8, 4) is 0 Å². The third kappa shape index (κ3) is 3.38. The summed E-state index contributed by atoms with van der Waals surface area (Å²) in [5.74, 6) is -1.39. The zero-order chi connectivity index (χ0) is 16.4. The van der Waals surface area contributed by atoms with Crippen molar-refractivity contribution in [2.45, 2.75) is 25.4 Å². The number of carboxylic acids is 1. The fourth-order valence-electron chi connectivity index (χ4n) is 3.15. The monoisotopic (exact) mass is 333 g/mol. The number of likely N-dealkylation sites (tertiary alicyclic amines) is 1. The van der Waals surface area contributed by atoms with Gasteiger partial charge < -0.3 is 15.1 Å².